The highest BCUT2D eigenvalue weighted by atomic mass is 127. The van der Waals surface area contributed by atoms with Crippen molar-refractivity contribution < 1.29 is 9.47 Å². The van der Waals surface area contributed by atoms with Gasteiger partial charge in [-0.25, -0.2) is 4.99 Å². The number of rotatable bonds is 8. The molecule has 1 saturated heterocycles. The van der Waals surface area contributed by atoms with Crippen LogP contribution in [0.4, 0.5) is 0 Å². The second kappa shape index (κ2) is 13.1. The zero-order valence-electron chi connectivity index (χ0n) is 14.4. The smallest absolute Gasteiger partial charge is 0.191 e. The molecule has 8 heteroatoms. The summed E-state index contributed by atoms with van der Waals surface area (Å²) >= 11 is 9.64. The molecule has 1 aliphatic heterocycles. The lowest BCUT2D eigenvalue weighted by molar-refractivity contribution is 0.0420. The molecule has 1 heterocycles. The Bertz CT molecular complexity index is 543. The van der Waals surface area contributed by atoms with Gasteiger partial charge >= 0.3 is 0 Å². The molecule has 1 aromatic carbocycles. The van der Waals surface area contributed by atoms with E-state index in [9.17, 15) is 0 Å². The SMILES string of the molecule is CCNC(=NCc1ccc(Br)cc1Cl)NCCCOC1CCOC1.I. The number of nitrogens with zero attached hydrogens (tertiary/aromatic N) is 1. The Labute approximate surface area is 180 Å². The minimum atomic E-state index is 0. The molecule has 0 amide bonds. The molecule has 0 saturated carbocycles. The number of ether oxygens (including phenoxy) is 2. The third-order valence-corrected chi connectivity index (χ3v) is 4.47. The highest BCUT2D eigenvalue weighted by Gasteiger charge is 2.15. The van der Waals surface area contributed by atoms with Crippen molar-refractivity contribution in [1.82, 2.24) is 10.6 Å². The summed E-state index contributed by atoms with van der Waals surface area (Å²) in [6, 6.07) is 5.84. The molecule has 0 radical (unpaired) electrons. The van der Waals surface area contributed by atoms with E-state index >= 15 is 0 Å². The van der Waals surface area contributed by atoms with Crippen LogP contribution in [0.1, 0.15) is 25.3 Å². The molecule has 0 spiro atoms. The molecule has 25 heavy (non-hydrogen) atoms. The molecule has 1 fully saturated rings. The fourth-order valence-corrected chi connectivity index (χ4v) is 3.06. The Morgan fingerprint density at radius 2 is 2.28 bits per heavy atom. The van der Waals surface area contributed by atoms with Crippen LogP contribution in [0.2, 0.25) is 5.02 Å². The molecule has 1 aromatic rings. The van der Waals surface area contributed by atoms with Gasteiger partial charge in [0, 0.05) is 35.8 Å². The average Bonchev–Trinajstić information content (AvgIpc) is 3.07. The van der Waals surface area contributed by atoms with Crippen molar-refractivity contribution in [3.63, 3.8) is 0 Å². The molecule has 2 rings (SSSR count). The Kier molecular flexibility index (Phi) is 12.1. The molecule has 0 aliphatic carbocycles. The number of nitrogens with one attached hydrogen (secondary N) is 2. The topological polar surface area (TPSA) is 54.9 Å². The van der Waals surface area contributed by atoms with E-state index in [0.717, 1.165) is 66.8 Å². The lowest BCUT2D eigenvalue weighted by atomic mass is 10.2. The van der Waals surface area contributed by atoms with Gasteiger partial charge < -0.3 is 20.1 Å². The van der Waals surface area contributed by atoms with Crippen LogP contribution < -0.4 is 10.6 Å². The lowest BCUT2D eigenvalue weighted by Crippen LogP contribution is -2.38. The summed E-state index contributed by atoms with van der Waals surface area (Å²) in [7, 11) is 0. The Balaban J connectivity index is 0.00000312. The number of hydrogen-bond donors (Lipinski definition) is 2. The average molecular weight is 547 g/mol. The van der Waals surface area contributed by atoms with E-state index in [2.05, 4.69) is 31.6 Å². The van der Waals surface area contributed by atoms with Gasteiger partial charge in [0.05, 0.1) is 19.3 Å². The maximum absolute atomic E-state index is 6.23. The molecule has 0 bridgehead atoms. The standard InChI is InChI=1S/C17H25BrClN3O2.HI/c1-2-20-17(21-7-3-8-24-15-6-9-23-12-15)22-11-13-4-5-14(18)10-16(13)19;/h4-5,10,15H,2-3,6-9,11-12H2,1H3,(H2,20,21,22);1H. The molecule has 5 nitrogen and oxygen atoms in total. The summed E-state index contributed by atoms with van der Waals surface area (Å²) in [6.07, 6.45) is 2.21. The van der Waals surface area contributed by atoms with Gasteiger partial charge in [-0.15, -0.1) is 24.0 Å². The Morgan fingerprint density at radius 1 is 1.44 bits per heavy atom. The number of hydrogen-bond acceptors (Lipinski definition) is 3. The van der Waals surface area contributed by atoms with Gasteiger partial charge in [-0.3, -0.25) is 0 Å². The van der Waals surface area contributed by atoms with Crippen LogP contribution in [-0.4, -0.2) is 45.0 Å². The third-order valence-electron chi connectivity index (χ3n) is 3.62. The molecule has 1 unspecified atom stereocenters. The summed E-state index contributed by atoms with van der Waals surface area (Å²) in [5.74, 6) is 0.792. The van der Waals surface area contributed by atoms with Gasteiger partial charge in [0.2, 0.25) is 0 Å². The van der Waals surface area contributed by atoms with Crippen molar-refractivity contribution >= 4 is 57.5 Å². The highest BCUT2D eigenvalue weighted by Crippen LogP contribution is 2.21. The predicted molar refractivity (Wildman–Crippen MR) is 117 cm³/mol. The van der Waals surface area contributed by atoms with E-state index in [1.807, 2.05) is 25.1 Å². The van der Waals surface area contributed by atoms with Crippen LogP contribution in [0.25, 0.3) is 0 Å². The van der Waals surface area contributed by atoms with Crippen LogP contribution in [0, 0.1) is 0 Å². The first-order chi connectivity index (χ1) is 11.7. The van der Waals surface area contributed by atoms with Crippen LogP contribution >= 0.6 is 51.5 Å². The molecular weight excluding hydrogens is 520 g/mol. The molecule has 1 atom stereocenters. The van der Waals surface area contributed by atoms with Crippen molar-refractivity contribution in [2.75, 3.05) is 32.9 Å². The van der Waals surface area contributed by atoms with Gasteiger partial charge in [0.1, 0.15) is 0 Å². The maximum Gasteiger partial charge on any atom is 0.191 e. The van der Waals surface area contributed by atoms with Crippen LogP contribution in [0.5, 0.6) is 0 Å². The molecule has 2 N–H and O–H groups in total. The Morgan fingerprint density at radius 3 is 2.96 bits per heavy atom. The largest absolute Gasteiger partial charge is 0.379 e. The minimum absolute atomic E-state index is 0. The van der Waals surface area contributed by atoms with E-state index in [1.165, 1.54) is 0 Å². The Hall–Kier alpha value is -0.0900. The minimum Gasteiger partial charge on any atom is -0.379 e. The normalized spacial score (nSPS) is 17.2. The van der Waals surface area contributed by atoms with Crippen molar-refractivity contribution in [2.45, 2.75) is 32.4 Å². The van der Waals surface area contributed by atoms with Crippen molar-refractivity contribution in [2.24, 2.45) is 4.99 Å². The van der Waals surface area contributed by atoms with E-state index in [-0.39, 0.29) is 30.1 Å². The van der Waals surface area contributed by atoms with Gasteiger partial charge in [0.25, 0.3) is 0 Å². The first kappa shape index (κ1) is 23.0. The van der Waals surface area contributed by atoms with Crippen LogP contribution in [0.3, 0.4) is 0 Å². The molecular formula is C17H26BrClIN3O2. The fraction of sp³-hybridized carbons (Fsp3) is 0.588. The van der Waals surface area contributed by atoms with Crippen LogP contribution in [0.15, 0.2) is 27.7 Å². The van der Waals surface area contributed by atoms with Crippen molar-refractivity contribution in [3.8, 4) is 0 Å². The first-order valence-corrected chi connectivity index (χ1v) is 9.51. The second-order valence-electron chi connectivity index (χ2n) is 5.57. The molecule has 0 aromatic heterocycles. The van der Waals surface area contributed by atoms with E-state index < -0.39 is 0 Å². The lowest BCUT2D eigenvalue weighted by Gasteiger charge is -2.13. The fourth-order valence-electron chi connectivity index (χ4n) is 2.33. The third kappa shape index (κ3) is 8.90. The van der Waals surface area contributed by atoms with Gasteiger partial charge in [0.15, 0.2) is 5.96 Å². The summed E-state index contributed by atoms with van der Waals surface area (Å²) < 4.78 is 12.0. The van der Waals surface area contributed by atoms with Gasteiger partial charge in [-0.05, 0) is 37.5 Å². The van der Waals surface area contributed by atoms with Crippen molar-refractivity contribution in [3.05, 3.63) is 33.3 Å². The molecule has 1 aliphatic rings. The van der Waals surface area contributed by atoms with E-state index in [4.69, 9.17) is 21.1 Å². The summed E-state index contributed by atoms with van der Waals surface area (Å²) in [6.45, 7) is 6.50. The molecule has 142 valence electrons. The van der Waals surface area contributed by atoms with Crippen LogP contribution in [-0.2, 0) is 16.0 Å². The monoisotopic (exact) mass is 545 g/mol. The zero-order valence-corrected chi connectivity index (χ0v) is 19.1. The van der Waals surface area contributed by atoms with Gasteiger partial charge in [-0.1, -0.05) is 33.6 Å². The highest BCUT2D eigenvalue weighted by molar-refractivity contribution is 14.0. The number of halogens is 3. The summed E-state index contributed by atoms with van der Waals surface area (Å²) in [5.41, 5.74) is 1.00. The number of benzene rings is 1. The van der Waals surface area contributed by atoms with Crippen molar-refractivity contribution in [1.29, 1.82) is 0 Å². The van der Waals surface area contributed by atoms with Gasteiger partial charge in [-0.2, -0.15) is 0 Å². The quantitative estimate of drug-likeness (QED) is 0.224. The number of guanidine groups is 1. The maximum atomic E-state index is 6.23. The van der Waals surface area contributed by atoms with E-state index in [1.54, 1.807) is 0 Å². The predicted octanol–water partition coefficient (Wildman–Crippen LogP) is 3.97. The number of aliphatic imine (C=N–C) groups is 1. The second-order valence-corrected chi connectivity index (χ2v) is 6.89. The first-order valence-electron chi connectivity index (χ1n) is 8.34. The summed E-state index contributed by atoms with van der Waals surface area (Å²) in [5, 5.41) is 7.28. The summed E-state index contributed by atoms with van der Waals surface area (Å²) in [4.78, 5) is 4.58. The zero-order chi connectivity index (χ0) is 17.2. The van der Waals surface area contributed by atoms with E-state index in [0.29, 0.717) is 6.54 Å².